The van der Waals surface area contributed by atoms with E-state index in [4.69, 9.17) is 16.6 Å². The molecule has 2 heterocycles. The highest BCUT2D eigenvalue weighted by atomic mass is 32.1. The van der Waals surface area contributed by atoms with Crippen LogP contribution in [0.15, 0.2) is 65.1 Å². The third-order valence-corrected chi connectivity index (χ3v) is 4.53. The van der Waals surface area contributed by atoms with E-state index in [-0.39, 0.29) is 17.2 Å². The molecule has 4 rings (SSSR count). The van der Waals surface area contributed by atoms with E-state index in [0.29, 0.717) is 0 Å². The molecule has 26 heavy (non-hydrogen) atoms. The SMILES string of the molecule is C=CCN1C(=O)/C(=C\c2ccc3oc4ccccc4c3c2)C(=O)NC1=S. The number of amides is 2. The molecule has 1 aliphatic rings. The van der Waals surface area contributed by atoms with E-state index in [1.807, 2.05) is 42.5 Å². The Morgan fingerprint density at radius 2 is 1.88 bits per heavy atom. The Balaban J connectivity index is 1.80. The van der Waals surface area contributed by atoms with Gasteiger partial charge in [0.05, 0.1) is 0 Å². The second kappa shape index (κ2) is 6.24. The van der Waals surface area contributed by atoms with Crippen LogP contribution in [0.3, 0.4) is 0 Å². The van der Waals surface area contributed by atoms with Crippen LogP contribution >= 0.6 is 12.2 Å². The molecule has 1 fully saturated rings. The summed E-state index contributed by atoms with van der Waals surface area (Å²) >= 11 is 5.05. The first kappa shape index (κ1) is 16.2. The molecule has 0 bridgehead atoms. The lowest BCUT2D eigenvalue weighted by Crippen LogP contribution is -2.53. The van der Waals surface area contributed by atoms with E-state index in [1.54, 1.807) is 12.2 Å². The molecule has 128 valence electrons. The van der Waals surface area contributed by atoms with E-state index >= 15 is 0 Å². The van der Waals surface area contributed by atoms with Crippen LogP contribution in [0.2, 0.25) is 0 Å². The average Bonchev–Trinajstić information content (AvgIpc) is 3.00. The fourth-order valence-corrected chi connectivity index (χ4v) is 3.24. The predicted octanol–water partition coefficient (Wildman–Crippen LogP) is 3.40. The Bertz CT molecular complexity index is 1130. The number of para-hydroxylation sites is 1. The van der Waals surface area contributed by atoms with Crippen LogP contribution in [0.4, 0.5) is 0 Å². The lowest BCUT2D eigenvalue weighted by molar-refractivity contribution is -0.128. The number of nitrogens with one attached hydrogen (secondary N) is 1. The van der Waals surface area contributed by atoms with E-state index < -0.39 is 11.8 Å². The Labute approximate surface area is 154 Å². The highest BCUT2D eigenvalue weighted by Crippen LogP contribution is 2.29. The van der Waals surface area contributed by atoms with Gasteiger partial charge in [-0.1, -0.05) is 30.3 Å². The fraction of sp³-hybridized carbons (Fsp3) is 0.0500. The van der Waals surface area contributed by atoms with Gasteiger partial charge in [0.25, 0.3) is 11.8 Å². The van der Waals surface area contributed by atoms with E-state index in [9.17, 15) is 9.59 Å². The topological polar surface area (TPSA) is 62.6 Å². The summed E-state index contributed by atoms with van der Waals surface area (Å²) in [7, 11) is 0. The number of thiocarbonyl (C=S) groups is 1. The maximum Gasteiger partial charge on any atom is 0.265 e. The zero-order valence-corrected chi connectivity index (χ0v) is 14.5. The number of carbonyl (C=O) groups excluding carboxylic acids is 2. The lowest BCUT2D eigenvalue weighted by Gasteiger charge is -2.27. The second-order valence-corrected chi connectivity index (χ2v) is 6.26. The molecule has 0 radical (unpaired) electrons. The average molecular weight is 362 g/mol. The molecule has 3 aromatic rings. The van der Waals surface area contributed by atoms with Crippen molar-refractivity contribution in [2.75, 3.05) is 6.54 Å². The molecule has 0 atom stereocenters. The Hall–Kier alpha value is -3.25. The van der Waals surface area contributed by atoms with Crippen molar-refractivity contribution in [2.45, 2.75) is 0 Å². The number of hydrogen-bond donors (Lipinski definition) is 1. The van der Waals surface area contributed by atoms with Crippen molar-refractivity contribution < 1.29 is 14.0 Å². The highest BCUT2D eigenvalue weighted by molar-refractivity contribution is 7.80. The largest absolute Gasteiger partial charge is 0.456 e. The molecule has 5 nitrogen and oxygen atoms in total. The van der Waals surface area contributed by atoms with E-state index in [1.165, 1.54) is 4.90 Å². The van der Waals surface area contributed by atoms with Crippen LogP contribution in [-0.2, 0) is 9.59 Å². The molecule has 6 heteroatoms. The number of hydrogen-bond acceptors (Lipinski definition) is 4. The second-order valence-electron chi connectivity index (χ2n) is 5.88. The van der Waals surface area contributed by atoms with Crippen LogP contribution in [-0.4, -0.2) is 28.4 Å². The smallest absolute Gasteiger partial charge is 0.265 e. The number of carbonyl (C=O) groups is 2. The summed E-state index contributed by atoms with van der Waals surface area (Å²) in [4.78, 5) is 26.2. The normalized spacial score (nSPS) is 16.5. The summed E-state index contributed by atoms with van der Waals surface area (Å²) in [6, 6.07) is 13.3. The molecular weight excluding hydrogens is 348 g/mol. The van der Waals surface area contributed by atoms with Crippen LogP contribution in [0.25, 0.3) is 28.0 Å². The maximum absolute atomic E-state index is 12.6. The summed E-state index contributed by atoms with van der Waals surface area (Å²) in [6.07, 6.45) is 3.12. The summed E-state index contributed by atoms with van der Waals surface area (Å²) in [5.74, 6) is -0.937. The van der Waals surface area contributed by atoms with Crippen LogP contribution in [0, 0.1) is 0 Å². The zero-order valence-electron chi connectivity index (χ0n) is 13.7. The van der Waals surface area contributed by atoms with Crippen molar-refractivity contribution in [1.82, 2.24) is 10.2 Å². The van der Waals surface area contributed by atoms with Gasteiger partial charge in [-0.15, -0.1) is 6.58 Å². The van der Waals surface area contributed by atoms with Crippen molar-refractivity contribution in [3.05, 3.63) is 66.3 Å². The molecule has 1 saturated heterocycles. The molecule has 2 amide bonds. The minimum atomic E-state index is -0.502. The van der Waals surface area contributed by atoms with Gasteiger partial charge in [0, 0.05) is 17.3 Å². The minimum Gasteiger partial charge on any atom is -0.456 e. The number of benzene rings is 2. The molecule has 0 aliphatic carbocycles. The van der Waals surface area contributed by atoms with Gasteiger partial charge in [-0.25, -0.2) is 0 Å². The van der Waals surface area contributed by atoms with Gasteiger partial charge in [0.1, 0.15) is 16.7 Å². The summed E-state index contributed by atoms with van der Waals surface area (Å²) in [6.45, 7) is 3.85. The standard InChI is InChI=1S/C20H14N2O3S/c1-2-9-22-19(24)15(18(23)21-20(22)26)11-12-7-8-17-14(10-12)13-5-3-4-6-16(13)25-17/h2-8,10-11H,1,9H2,(H,21,23,26)/b15-11-. The molecule has 0 unspecified atom stereocenters. The molecular formula is C20H14N2O3S. The van der Waals surface area contributed by atoms with Crippen LogP contribution < -0.4 is 5.32 Å². The molecule has 1 aromatic heterocycles. The van der Waals surface area contributed by atoms with Crippen molar-refractivity contribution >= 4 is 57.2 Å². The zero-order chi connectivity index (χ0) is 18.3. The van der Waals surface area contributed by atoms with Crippen molar-refractivity contribution in [3.63, 3.8) is 0 Å². The first-order valence-corrected chi connectivity index (χ1v) is 8.40. The number of furan rings is 1. The van der Waals surface area contributed by atoms with Crippen molar-refractivity contribution in [2.24, 2.45) is 0 Å². The minimum absolute atomic E-state index is 0.0348. The lowest BCUT2D eigenvalue weighted by atomic mass is 10.0. The van der Waals surface area contributed by atoms with Crippen molar-refractivity contribution in [1.29, 1.82) is 0 Å². The number of fused-ring (bicyclic) bond motifs is 3. The molecule has 0 saturated carbocycles. The predicted molar refractivity (Wildman–Crippen MR) is 104 cm³/mol. The van der Waals surface area contributed by atoms with Gasteiger partial charge in [0.15, 0.2) is 5.11 Å². The molecule has 1 N–H and O–H groups in total. The Morgan fingerprint density at radius 1 is 1.12 bits per heavy atom. The summed E-state index contributed by atoms with van der Waals surface area (Å²) in [5, 5.41) is 4.54. The monoisotopic (exact) mass is 362 g/mol. The quantitative estimate of drug-likeness (QED) is 0.336. The van der Waals surface area contributed by atoms with Gasteiger partial charge in [-0.05, 0) is 42.1 Å². The maximum atomic E-state index is 12.6. The van der Waals surface area contributed by atoms with Gasteiger partial charge in [-0.2, -0.15) is 0 Å². The van der Waals surface area contributed by atoms with Crippen LogP contribution in [0.1, 0.15) is 5.56 Å². The highest BCUT2D eigenvalue weighted by Gasteiger charge is 2.32. The summed E-state index contributed by atoms with van der Waals surface area (Å²) in [5.41, 5.74) is 2.31. The summed E-state index contributed by atoms with van der Waals surface area (Å²) < 4.78 is 5.80. The molecule has 2 aromatic carbocycles. The molecule has 1 aliphatic heterocycles. The van der Waals surface area contributed by atoms with Gasteiger partial charge >= 0.3 is 0 Å². The molecule has 0 spiro atoms. The van der Waals surface area contributed by atoms with Crippen molar-refractivity contribution in [3.8, 4) is 0 Å². The third kappa shape index (κ3) is 2.60. The third-order valence-electron chi connectivity index (χ3n) is 4.21. The number of rotatable bonds is 3. The first-order chi connectivity index (χ1) is 12.6. The van der Waals surface area contributed by atoms with E-state index in [0.717, 1.165) is 27.5 Å². The fourth-order valence-electron chi connectivity index (χ4n) is 2.99. The number of nitrogens with zero attached hydrogens (tertiary/aromatic N) is 1. The Kier molecular flexibility index (Phi) is 3.89. The van der Waals surface area contributed by atoms with Crippen LogP contribution in [0.5, 0.6) is 0 Å². The Morgan fingerprint density at radius 3 is 2.69 bits per heavy atom. The van der Waals surface area contributed by atoms with Gasteiger partial charge in [0.2, 0.25) is 0 Å². The van der Waals surface area contributed by atoms with Gasteiger partial charge in [-0.3, -0.25) is 19.8 Å². The van der Waals surface area contributed by atoms with E-state index in [2.05, 4.69) is 11.9 Å². The van der Waals surface area contributed by atoms with Gasteiger partial charge < -0.3 is 4.42 Å². The first-order valence-electron chi connectivity index (χ1n) is 7.99.